The van der Waals surface area contributed by atoms with Gasteiger partial charge in [0, 0.05) is 23.2 Å². The van der Waals surface area contributed by atoms with Gasteiger partial charge in [0.15, 0.2) is 11.5 Å². The van der Waals surface area contributed by atoms with Gasteiger partial charge in [0.1, 0.15) is 5.75 Å². The van der Waals surface area contributed by atoms with Gasteiger partial charge in [0.25, 0.3) is 0 Å². The fourth-order valence-electron chi connectivity index (χ4n) is 3.82. The van der Waals surface area contributed by atoms with E-state index in [0.29, 0.717) is 22.4 Å². The number of rotatable bonds is 3. The summed E-state index contributed by atoms with van der Waals surface area (Å²) >= 11 is 0. The van der Waals surface area contributed by atoms with E-state index in [0.717, 1.165) is 6.66 Å². The number of ketones is 2. The molecule has 0 saturated carbocycles. The predicted molar refractivity (Wildman–Crippen MR) is 96.5 cm³/mol. The lowest BCUT2D eigenvalue weighted by Crippen LogP contribution is -2.45. The van der Waals surface area contributed by atoms with Gasteiger partial charge in [-0.1, -0.05) is 6.08 Å². The first kappa shape index (κ1) is 18.6. The molecule has 26 heavy (non-hydrogen) atoms. The molecule has 0 spiro atoms. The lowest BCUT2D eigenvalue weighted by Gasteiger charge is -2.45. The number of carbonyl (C=O) groups excluding carboxylic acids is 2. The third kappa shape index (κ3) is 2.65. The van der Waals surface area contributed by atoms with Crippen LogP contribution >= 0.6 is 7.60 Å². The standard InChI is InChI=1S/C19H21O6P/c1-18(2)14(20)8-9-19(3)13-10-11(24-4)6-7-12(13)15(21)16(17(18)19)25-26(5,22)23/h6-10H,1-5H3,(H,22,23)/t19-/m1/s1. The van der Waals surface area contributed by atoms with Crippen molar-refractivity contribution in [2.24, 2.45) is 5.41 Å². The molecule has 1 N–H and O–H groups in total. The van der Waals surface area contributed by atoms with Gasteiger partial charge in [-0.25, -0.2) is 4.57 Å². The first-order chi connectivity index (χ1) is 11.9. The average Bonchev–Trinajstić information content (AvgIpc) is 2.54. The third-order valence-corrected chi connectivity index (χ3v) is 5.57. The smallest absolute Gasteiger partial charge is 0.373 e. The molecule has 7 heteroatoms. The SMILES string of the molecule is COc1ccc2c(c1)[C@@]1(C)C=CC(=O)C(C)(C)C1=C(OP(C)(=O)O)C2=O. The molecule has 138 valence electrons. The summed E-state index contributed by atoms with van der Waals surface area (Å²) in [7, 11) is -2.48. The Bertz CT molecular complexity index is 933. The highest BCUT2D eigenvalue weighted by Gasteiger charge is 2.52. The van der Waals surface area contributed by atoms with Crippen LogP contribution in [0.3, 0.4) is 0 Å². The summed E-state index contributed by atoms with van der Waals surface area (Å²) in [6.45, 7) is 6.25. The van der Waals surface area contributed by atoms with Gasteiger partial charge in [0.05, 0.1) is 12.5 Å². The molecule has 1 aromatic rings. The van der Waals surface area contributed by atoms with Gasteiger partial charge in [-0.05, 0) is 50.6 Å². The molecule has 0 radical (unpaired) electrons. The van der Waals surface area contributed by atoms with Crippen molar-refractivity contribution in [2.45, 2.75) is 26.2 Å². The monoisotopic (exact) mass is 376 g/mol. The van der Waals surface area contributed by atoms with E-state index in [2.05, 4.69) is 0 Å². The van der Waals surface area contributed by atoms with Crippen LogP contribution in [0.25, 0.3) is 0 Å². The van der Waals surface area contributed by atoms with Crippen molar-refractivity contribution in [1.29, 1.82) is 0 Å². The second-order valence-corrected chi connectivity index (χ2v) is 9.15. The fourth-order valence-corrected chi connectivity index (χ4v) is 4.33. The van der Waals surface area contributed by atoms with Crippen LogP contribution in [-0.4, -0.2) is 30.2 Å². The predicted octanol–water partition coefficient (Wildman–Crippen LogP) is 3.40. The number of fused-ring (bicyclic) bond motifs is 3. The maximum Gasteiger partial charge on any atom is 0.373 e. The van der Waals surface area contributed by atoms with Crippen molar-refractivity contribution >= 4 is 19.2 Å². The van der Waals surface area contributed by atoms with Gasteiger partial charge in [0.2, 0.25) is 5.78 Å². The molecule has 2 atom stereocenters. The van der Waals surface area contributed by atoms with E-state index in [1.165, 1.54) is 13.2 Å². The van der Waals surface area contributed by atoms with Gasteiger partial charge in [-0.3, -0.25) is 9.59 Å². The maximum absolute atomic E-state index is 13.1. The number of ether oxygens (including phenoxy) is 1. The minimum Gasteiger partial charge on any atom is -0.497 e. The van der Waals surface area contributed by atoms with E-state index in [-0.39, 0.29) is 11.5 Å². The zero-order valence-corrected chi connectivity index (χ0v) is 16.2. The van der Waals surface area contributed by atoms with E-state index in [1.807, 2.05) is 6.92 Å². The molecule has 0 bridgehead atoms. The normalized spacial score (nSPS) is 26.1. The first-order valence-corrected chi connectivity index (χ1v) is 10.2. The quantitative estimate of drug-likeness (QED) is 0.814. The van der Waals surface area contributed by atoms with Crippen LogP contribution in [-0.2, 0) is 19.3 Å². The highest BCUT2D eigenvalue weighted by atomic mass is 31.2. The number of allylic oxidation sites excluding steroid dienone is 4. The minimum absolute atomic E-state index is 0.200. The number of hydrogen-bond donors (Lipinski definition) is 1. The van der Waals surface area contributed by atoms with Gasteiger partial charge < -0.3 is 14.2 Å². The van der Waals surface area contributed by atoms with Gasteiger partial charge in [-0.2, -0.15) is 0 Å². The molecule has 0 aromatic heterocycles. The van der Waals surface area contributed by atoms with Crippen LogP contribution in [0.1, 0.15) is 36.7 Å². The van der Waals surface area contributed by atoms with Gasteiger partial charge in [-0.15, -0.1) is 0 Å². The second kappa shape index (κ2) is 5.66. The summed E-state index contributed by atoms with van der Waals surface area (Å²) in [6.07, 6.45) is 3.20. The Labute approximate surface area is 152 Å². The van der Waals surface area contributed by atoms with Crippen LogP contribution in [0.15, 0.2) is 41.7 Å². The number of Topliss-reactive ketones (excluding diaryl/α,β-unsaturated/α-hetero) is 1. The molecular weight excluding hydrogens is 355 g/mol. The van der Waals surface area contributed by atoms with E-state index in [1.54, 1.807) is 38.1 Å². The molecule has 0 aliphatic heterocycles. The highest BCUT2D eigenvalue weighted by molar-refractivity contribution is 7.52. The summed E-state index contributed by atoms with van der Waals surface area (Å²) in [5.41, 5.74) is -0.496. The summed E-state index contributed by atoms with van der Waals surface area (Å²) in [5.74, 6) is -0.356. The minimum atomic E-state index is -4.01. The number of hydrogen-bond acceptors (Lipinski definition) is 5. The Morgan fingerprint density at radius 1 is 1.15 bits per heavy atom. The zero-order chi connectivity index (χ0) is 19.5. The van der Waals surface area contributed by atoms with Crippen molar-refractivity contribution in [3.05, 3.63) is 52.8 Å². The van der Waals surface area contributed by atoms with Crippen molar-refractivity contribution in [3.63, 3.8) is 0 Å². The van der Waals surface area contributed by atoms with E-state index in [9.17, 15) is 19.0 Å². The van der Waals surface area contributed by atoms with Crippen LogP contribution in [0.2, 0.25) is 0 Å². The van der Waals surface area contributed by atoms with Gasteiger partial charge >= 0.3 is 7.60 Å². The lowest BCUT2D eigenvalue weighted by molar-refractivity contribution is -0.121. The van der Waals surface area contributed by atoms with Crippen molar-refractivity contribution in [1.82, 2.24) is 0 Å². The second-order valence-electron chi connectivity index (χ2n) is 7.36. The molecule has 1 aromatic carbocycles. The first-order valence-electron chi connectivity index (χ1n) is 8.14. The summed E-state index contributed by atoms with van der Waals surface area (Å²) in [6, 6.07) is 5.01. The Morgan fingerprint density at radius 3 is 2.38 bits per heavy atom. The zero-order valence-electron chi connectivity index (χ0n) is 15.3. The maximum atomic E-state index is 13.1. The average molecular weight is 376 g/mol. The molecule has 2 aliphatic rings. The Morgan fingerprint density at radius 2 is 1.81 bits per heavy atom. The van der Waals surface area contributed by atoms with Crippen LogP contribution in [0.4, 0.5) is 0 Å². The molecule has 0 fully saturated rings. The van der Waals surface area contributed by atoms with Crippen molar-refractivity contribution in [3.8, 4) is 5.75 Å². The topological polar surface area (TPSA) is 89.9 Å². The molecule has 0 saturated heterocycles. The Hall–Kier alpha value is -2.17. The van der Waals surface area contributed by atoms with E-state index in [4.69, 9.17) is 9.26 Å². The lowest BCUT2D eigenvalue weighted by atomic mass is 9.57. The molecular formula is C19H21O6P. The fraction of sp³-hybridized carbons (Fsp3) is 0.368. The third-order valence-electron chi connectivity index (χ3n) is 5.05. The molecule has 0 heterocycles. The summed E-state index contributed by atoms with van der Waals surface area (Å²) in [4.78, 5) is 35.4. The molecule has 3 rings (SSSR count). The molecule has 0 amide bonds. The van der Waals surface area contributed by atoms with E-state index < -0.39 is 24.2 Å². The van der Waals surface area contributed by atoms with E-state index >= 15 is 0 Å². The van der Waals surface area contributed by atoms with Crippen LogP contribution in [0.5, 0.6) is 5.75 Å². The highest BCUT2D eigenvalue weighted by Crippen LogP contribution is 2.55. The number of carbonyl (C=O) groups is 2. The number of methoxy groups -OCH3 is 1. The Balaban J connectivity index is 2.41. The summed E-state index contributed by atoms with van der Waals surface area (Å²) < 4.78 is 22.5. The molecule has 1 unspecified atom stereocenters. The number of benzene rings is 1. The van der Waals surface area contributed by atoms with Crippen molar-refractivity contribution < 1.29 is 28.3 Å². The molecule has 6 nitrogen and oxygen atoms in total. The summed E-state index contributed by atoms with van der Waals surface area (Å²) in [5, 5.41) is 0. The van der Waals surface area contributed by atoms with Crippen LogP contribution < -0.4 is 4.74 Å². The van der Waals surface area contributed by atoms with Crippen molar-refractivity contribution in [2.75, 3.05) is 13.8 Å². The molecule has 2 aliphatic carbocycles. The van der Waals surface area contributed by atoms with Crippen LogP contribution in [0, 0.1) is 5.41 Å². The Kier molecular flexibility index (Phi) is 4.05. The largest absolute Gasteiger partial charge is 0.497 e.